The molecule has 110 valence electrons. The number of hydrogen-bond acceptors (Lipinski definition) is 4. The van der Waals surface area contributed by atoms with Gasteiger partial charge in [-0.3, -0.25) is 4.79 Å². The standard InChI is InChI=1S/C16H22O4/c1-11(2)10-19-14-7-6-12(9-17)8-13(14)15(18)20-16(3,4)5/h6-9,11H,10H2,1-5H3. The van der Waals surface area contributed by atoms with Crippen LogP contribution in [0.4, 0.5) is 0 Å². The van der Waals surface area contributed by atoms with Gasteiger partial charge >= 0.3 is 5.97 Å². The molecule has 0 saturated heterocycles. The van der Waals surface area contributed by atoms with Gasteiger partial charge in [0.15, 0.2) is 0 Å². The molecule has 0 amide bonds. The van der Waals surface area contributed by atoms with Crippen LogP contribution in [-0.2, 0) is 4.74 Å². The Morgan fingerprint density at radius 1 is 1.30 bits per heavy atom. The average molecular weight is 278 g/mol. The monoisotopic (exact) mass is 278 g/mol. The molecule has 4 heteroatoms. The molecule has 0 radical (unpaired) electrons. The smallest absolute Gasteiger partial charge is 0.342 e. The van der Waals surface area contributed by atoms with Gasteiger partial charge in [0.2, 0.25) is 0 Å². The Balaban J connectivity index is 3.05. The van der Waals surface area contributed by atoms with E-state index in [0.29, 0.717) is 30.1 Å². The van der Waals surface area contributed by atoms with E-state index in [9.17, 15) is 9.59 Å². The Kier molecular flexibility index (Phi) is 5.31. The van der Waals surface area contributed by atoms with E-state index in [1.165, 1.54) is 6.07 Å². The van der Waals surface area contributed by atoms with Crippen molar-refractivity contribution in [2.24, 2.45) is 5.92 Å². The van der Waals surface area contributed by atoms with Crippen molar-refractivity contribution in [2.45, 2.75) is 40.2 Å². The van der Waals surface area contributed by atoms with Crippen LogP contribution in [0, 0.1) is 5.92 Å². The minimum absolute atomic E-state index is 0.283. The number of hydrogen-bond donors (Lipinski definition) is 0. The van der Waals surface area contributed by atoms with E-state index in [1.807, 2.05) is 13.8 Å². The highest BCUT2D eigenvalue weighted by Gasteiger charge is 2.21. The predicted octanol–water partition coefficient (Wildman–Crippen LogP) is 3.49. The van der Waals surface area contributed by atoms with Gasteiger partial charge in [0.05, 0.1) is 6.61 Å². The van der Waals surface area contributed by atoms with E-state index in [0.717, 1.165) is 0 Å². The molecule has 1 aromatic rings. The summed E-state index contributed by atoms with van der Waals surface area (Å²) in [5.74, 6) is 0.297. The first-order chi connectivity index (χ1) is 9.23. The normalized spacial score (nSPS) is 11.3. The largest absolute Gasteiger partial charge is 0.492 e. The third-order valence-electron chi connectivity index (χ3n) is 2.33. The van der Waals surface area contributed by atoms with Gasteiger partial charge in [-0.2, -0.15) is 0 Å². The molecule has 0 aliphatic carbocycles. The van der Waals surface area contributed by atoms with Crippen molar-refractivity contribution in [2.75, 3.05) is 6.61 Å². The van der Waals surface area contributed by atoms with Crippen LogP contribution in [0.15, 0.2) is 18.2 Å². The van der Waals surface area contributed by atoms with Crippen LogP contribution < -0.4 is 4.74 Å². The summed E-state index contributed by atoms with van der Waals surface area (Å²) >= 11 is 0. The molecule has 4 nitrogen and oxygen atoms in total. The summed E-state index contributed by atoms with van der Waals surface area (Å²) in [6.45, 7) is 9.92. The number of ether oxygens (including phenoxy) is 2. The lowest BCUT2D eigenvalue weighted by Gasteiger charge is -2.21. The van der Waals surface area contributed by atoms with Crippen molar-refractivity contribution in [3.05, 3.63) is 29.3 Å². The fourth-order valence-electron chi connectivity index (χ4n) is 1.50. The van der Waals surface area contributed by atoms with Gasteiger partial charge in [-0.25, -0.2) is 4.79 Å². The zero-order valence-corrected chi connectivity index (χ0v) is 12.7. The molecule has 0 aromatic heterocycles. The summed E-state index contributed by atoms with van der Waals surface area (Å²) in [5, 5.41) is 0. The van der Waals surface area contributed by atoms with Gasteiger partial charge < -0.3 is 9.47 Å². The molecule has 0 saturated carbocycles. The summed E-state index contributed by atoms with van der Waals surface area (Å²) in [4.78, 5) is 23.0. The molecule has 20 heavy (non-hydrogen) atoms. The predicted molar refractivity (Wildman–Crippen MR) is 77.3 cm³/mol. The Hall–Kier alpha value is -1.84. The molecule has 1 rings (SSSR count). The molecule has 0 atom stereocenters. The second-order valence-electron chi connectivity index (χ2n) is 6.08. The fraction of sp³-hybridized carbons (Fsp3) is 0.500. The first-order valence-electron chi connectivity index (χ1n) is 6.68. The topological polar surface area (TPSA) is 52.6 Å². The van der Waals surface area contributed by atoms with Crippen molar-refractivity contribution in [3.63, 3.8) is 0 Å². The van der Waals surface area contributed by atoms with Gasteiger partial charge in [0.25, 0.3) is 0 Å². The highest BCUT2D eigenvalue weighted by Crippen LogP contribution is 2.23. The first-order valence-corrected chi connectivity index (χ1v) is 6.68. The highest BCUT2D eigenvalue weighted by atomic mass is 16.6. The second-order valence-corrected chi connectivity index (χ2v) is 6.08. The summed E-state index contributed by atoms with van der Waals surface area (Å²) in [7, 11) is 0. The molecule has 0 N–H and O–H groups in total. The molecule has 0 fully saturated rings. The Labute approximate surface area is 120 Å². The van der Waals surface area contributed by atoms with E-state index in [2.05, 4.69) is 0 Å². The van der Waals surface area contributed by atoms with Crippen LogP contribution in [0.2, 0.25) is 0 Å². The molecular weight excluding hydrogens is 256 g/mol. The van der Waals surface area contributed by atoms with Crippen LogP contribution >= 0.6 is 0 Å². The minimum atomic E-state index is -0.594. The average Bonchev–Trinajstić information content (AvgIpc) is 2.34. The SMILES string of the molecule is CC(C)COc1ccc(C=O)cc1C(=O)OC(C)(C)C. The summed E-state index contributed by atoms with van der Waals surface area (Å²) in [6, 6.07) is 4.75. The van der Waals surface area contributed by atoms with Crippen LogP contribution in [-0.4, -0.2) is 24.5 Å². The van der Waals surface area contributed by atoms with Crippen LogP contribution in [0.1, 0.15) is 55.3 Å². The van der Waals surface area contributed by atoms with Crippen molar-refractivity contribution in [1.29, 1.82) is 0 Å². The number of carbonyl (C=O) groups excluding carboxylic acids is 2. The van der Waals surface area contributed by atoms with Crippen LogP contribution in [0.25, 0.3) is 0 Å². The van der Waals surface area contributed by atoms with Crippen LogP contribution in [0.3, 0.4) is 0 Å². The number of aldehydes is 1. The van der Waals surface area contributed by atoms with Crippen molar-refractivity contribution in [1.82, 2.24) is 0 Å². The highest BCUT2D eigenvalue weighted by molar-refractivity contribution is 5.94. The molecule has 0 aliphatic rings. The minimum Gasteiger partial charge on any atom is -0.492 e. The van der Waals surface area contributed by atoms with Crippen molar-refractivity contribution in [3.8, 4) is 5.75 Å². The number of rotatable bonds is 5. The lowest BCUT2D eigenvalue weighted by molar-refractivity contribution is 0.00653. The fourth-order valence-corrected chi connectivity index (χ4v) is 1.50. The molecular formula is C16H22O4. The maximum absolute atomic E-state index is 12.2. The summed E-state index contributed by atoms with van der Waals surface area (Å²) in [5.41, 5.74) is 0.108. The van der Waals surface area contributed by atoms with Crippen LogP contribution in [0.5, 0.6) is 5.75 Å². The molecule has 1 aromatic carbocycles. The van der Waals surface area contributed by atoms with Crippen molar-refractivity contribution < 1.29 is 19.1 Å². The lowest BCUT2D eigenvalue weighted by Crippen LogP contribution is -2.24. The number of benzene rings is 1. The second kappa shape index (κ2) is 6.55. The van der Waals surface area contributed by atoms with Gasteiger partial charge in [-0.15, -0.1) is 0 Å². The Morgan fingerprint density at radius 3 is 2.45 bits per heavy atom. The molecule has 0 bridgehead atoms. The molecule has 0 heterocycles. The van der Waals surface area contributed by atoms with E-state index < -0.39 is 11.6 Å². The quantitative estimate of drug-likeness (QED) is 0.611. The molecule has 0 aliphatic heterocycles. The zero-order chi connectivity index (χ0) is 15.3. The number of esters is 1. The van der Waals surface area contributed by atoms with Gasteiger partial charge in [0.1, 0.15) is 23.2 Å². The summed E-state index contributed by atoms with van der Waals surface area (Å²) in [6.07, 6.45) is 0.695. The van der Waals surface area contributed by atoms with E-state index in [-0.39, 0.29) is 5.56 Å². The lowest BCUT2D eigenvalue weighted by atomic mass is 10.1. The van der Waals surface area contributed by atoms with E-state index in [1.54, 1.807) is 32.9 Å². The number of carbonyl (C=O) groups is 2. The summed E-state index contributed by atoms with van der Waals surface area (Å²) < 4.78 is 11.0. The first kappa shape index (κ1) is 16.2. The zero-order valence-electron chi connectivity index (χ0n) is 12.7. The maximum Gasteiger partial charge on any atom is 0.342 e. The van der Waals surface area contributed by atoms with Gasteiger partial charge in [-0.1, -0.05) is 13.8 Å². The van der Waals surface area contributed by atoms with E-state index in [4.69, 9.17) is 9.47 Å². The molecule has 0 spiro atoms. The van der Waals surface area contributed by atoms with Crippen molar-refractivity contribution >= 4 is 12.3 Å². The molecule has 0 unspecified atom stereocenters. The van der Waals surface area contributed by atoms with Gasteiger partial charge in [-0.05, 0) is 44.9 Å². The third kappa shape index (κ3) is 5.03. The Bertz CT molecular complexity index is 484. The maximum atomic E-state index is 12.2. The van der Waals surface area contributed by atoms with Gasteiger partial charge in [0, 0.05) is 5.56 Å². The van der Waals surface area contributed by atoms with E-state index >= 15 is 0 Å². The Morgan fingerprint density at radius 2 is 1.95 bits per heavy atom. The third-order valence-corrected chi connectivity index (χ3v) is 2.33.